The van der Waals surface area contributed by atoms with E-state index in [9.17, 15) is 4.79 Å². The number of hydrogen-bond acceptors (Lipinski definition) is 3. The lowest BCUT2D eigenvalue weighted by Crippen LogP contribution is -2.45. The first-order valence-electron chi connectivity index (χ1n) is 8.85. The number of nitrogens with zero attached hydrogens (tertiary/aromatic N) is 2. The average Bonchev–Trinajstić information content (AvgIpc) is 2.67. The Morgan fingerprint density at radius 3 is 2.64 bits per heavy atom. The molecular weight excluding hydrogens is 314 g/mol. The highest BCUT2D eigenvalue weighted by atomic mass is 16.5. The van der Waals surface area contributed by atoms with Gasteiger partial charge in [-0.05, 0) is 55.0 Å². The van der Waals surface area contributed by atoms with Crippen molar-refractivity contribution in [1.29, 1.82) is 0 Å². The fraction of sp³-hybridized carbons (Fsp3) is 0.400. The molecule has 3 rings (SSSR count). The van der Waals surface area contributed by atoms with Crippen LogP contribution in [0.1, 0.15) is 29.9 Å². The van der Waals surface area contributed by atoms with Gasteiger partial charge in [0.2, 0.25) is 0 Å². The van der Waals surface area contributed by atoms with Gasteiger partial charge in [0.05, 0.1) is 6.54 Å². The highest BCUT2D eigenvalue weighted by Gasteiger charge is 2.23. The van der Waals surface area contributed by atoms with Crippen molar-refractivity contribution >= 4 is 6.03 Å². The number of benzene rings is 1. The molecule has 0 aliphatic carbocycles. The fourth-order valence-electron chi connectivity index (χ4n) is 3.20. The number of rotatable bonds is 5. The van der Waals surface area contributed by atoms with Crippen LogP contribution in [-0.2, 0) is 0 Å². The van der Waals surface area contributed by atoms with E-state index in [4.69, 9.17) is 4.74 Å². The molecule has 2 amide bonds. The van der Waals surface area contributed by atoms with Crippen LogP contribution in [0.15, 0.2) is 48.8 Å². The molecule has 0 saturated carbocycles. The average molecular weight is 339 g/mol. The maximum absolute atomic E-state index is 12.3. The van der Waals surface area contributed by atoms with Crippen molar-refractivity contribution in [2.75, 3.05) is 26.2 Å². The first kappa shape index (κ1) is 17.3. The molecule has 0 unspecified atom stereocenters. The Hall–Kier alpha value is -2.56. The van der Waals surface area contributed by atoms with E-state index >= 15 is 0 Å². The standard InChI is InChI=1S/C20H25N3O2/c1-16-4-2-3-5-19(16)25-15-12-22-20(24)23-13-8-18(9-14-23)17-6-10-21-11-7-17/h2-7,10-11,18H,8-9,12-15H2,1H3,(H,22,24). The Labute approximate surface area is 149 Å². The SMILES string of the molecule is Cc1ccccc1OCCNC(=O)N1CCC(c2ccncc2)CC1. The predicted molar refractivity (Wildman–Crippen MR) is 97.9 cm³/mol. The van der Waals surface area contributed by atoms with Crippen molar-refractivity contribution in [1.82, 2.24) is 15.2 Å². The Kier molecular flexibility index (Phi) is 5.88. The molecule has 1 aromatic carbocycles. The number of piperidine rings is 1. The van der Waals surface area contributed by atoms with E-state index in [0.29, 0.717) is 19.1 Å². The summed E-state index contributed by atoms with van der Waals surface area (Å²) in [4.78, 5) is 18.2. The lowest BCUT2D eigenvalue weighted by molar-refractivity contribution is 0.179. The first-order chi connectivity index (χ1) is 12.2. The van der Waals surface area contributed by atoms with Gasteiger partial charge < -0.3 is 15.0 Å². The number of ether oxygens (including phenoxy) is 1. The number of aromatic nitrogens is 1. The number of likely N-dealkylation sites (tertiary alicyclic amines) is 1. The molecule has 1 aliphatic heterocycles. The number of aryl methyl sites for hydroxylation is 1. The number of pyridine rings is 1. The van der Waals surface area contributed by atoms with Gasteiger partial charge in [0, 0.05) is 25.5 Å². The summed E-state index contributed by atoms with van der Waals surface area (Å²) in [6.45, 7) is 4.58. The molecule has 0 bridgehead atoms. The van der Waals surface area contributed by atoms with E-state index in [1.54, 1.807) is 0 Å². The number of carbonyl (C=O) groups is 1. The molecule has 1 aliphatic rings. The van der Waals surface area contributed by atoms with E-state index in [1.807, 2.05) is 48.5 Å². The second kappa shape index (κ2) is 8.51. The molecule has 2 heterocycles. The van der Waals surface area contributed by atoms with E-state index < -0.39 is 0 Å². The highest BCUT2D eigenvalue weighted by Crippen LogP contribution is 2.27. The summed E-state index contributed by atoms with van der Waals surface area (Å²) in [5.41, 5.74) is 2.42. The molecule has 1 fully saturated rings. The summed E-state index contributed by atoms with van der Waals surface area (Å²) in [6, 6.07) is 12.0. The molecule has 0 radical (unpaired) electrons. The third kappa shape index (κ3) is 4.72. The number of nitrogens with one attached hydrogen (secondary N) is 1. The lowest BCUT2D eigenvalue weighted by Gasteiger charge is -2.32. The summed E-state index contributed by atoms with van der Waals surface area (Å²) in [5.74, 6) is 1.39. The summed E-state index contributed by atoms with van der Waals surface area (Å²) in [6.07, 6.45) is 5.67. The Morgan fingerprint density at radius 2 is 1.92 bits per heavy atom. The van der Waals surface area contributed by atoms with Crippen LogP contribution in [0.25, 0.3) is 0 Å². The van der Waals surface area contributed by atoms with Crippen LogP contribution in [0, 0.1) is 6.92 Å². The van der Waals surface area contributed by atoms with Crippen molar-refractivity contribution in [3.05, 3.63) is 59.9 Å². The Morgan fingerprint density at radius 1 is 1.20 bits per heavy atom. The van der Waals surface area contributed by atoms with Gasteiger partial charge in [-0.1, -0.05) is 18.2 Å². The van der Waals surface area contributed by atoms with Gasteiger partial charge in [-0.15, -0.1) is 0 Å². The molecule has 5 nitrogen and oxygen atoms in total. The third-order valence-corrected chi connectivity index (χ3v) is 4.69. The Balaban J connectivity index is 1.37. The maximum Gasteiger partial charge on any atom is 0.317 e. The zero-order valence-corrected chi connectivity index (χ0v) is 14.6. The van der Waals surface area contributed by atoms with Gasteiger partial charge in [0.1, 0.15) is 12.4 Å². The minimum absolute atomic E-state index is 0.00145. The van der Waals surface area contributed by atoms with Gasteiger partial charge >= 0.3 is 6.03 Å². The van der Waals surface area contributed by atoms with Gasteiger partial charge in [-0.2, -0.15) is 0 Å². The van der Waals surface area contributed by atoms with Crippen LogP contribution in [-0.4, -0.2) is 42.2 Å². The molecule has 2 aromatic rings. The van der Waals surface area contributed by atoms with Crippen LogP contribution in [0.5, 0.6) is 5.75 Å². The second-order valence-corrected chi connectivity index (χ2v) is 6.39. The van der Waals surface area contributed by atoms with Crippen LogP contribution in [0.4, 0.5) is 4.79 Å². The predicted octanol–water partition coefficient (Wildman–Crippen LogP) is 3.36. The van der Waals surface area contributed by atoms with Crippen LogP contribution < -0.4 is 10.1 Å². The molecule has 1 saturated heterocycles. The largest absolute Gasteiger partial charge is 0.491 e. The van der Waals surface area contributed by atoms with Crippen LogP contribution in [0.3, 0.4) is 0 Å². The molecule has 132 valence electrons. The van der Waals surface area contributed by atoms with Gasteiger partial charge in [0.25, 0.3) is 0 Å². The zero-order chi connectivity index (χ0) is 17.5. The molecular formula is C20H25N3O2. The Bertz CT molecular complexity index is 682. The van der Waals surface area contributed by atoms with Crippen molar-refractivity contribution in [3.63, 3.8) is 0 Å². The normalized spacial score (nSPS) is 15.0. The van der Waals surface area contributed by atoms with Crippen LogP contribution in [0.2, 0.25) is 0 Å². The molecule has 5 heteroatoms. The monoisotopic (exact) mass is 339 g/mol. The van der Waals surface area contributed by atoms with Crippen molar-refractivity contribution in [2.24, 2.45) is 0 Å². The summed E-state index contributed by atoms with van der Waals surface area (Å²) < 4.78 is 5.71. The fourth-order valence-corrected chi connectivity index (χ4v) is 3.20. The molecule has 25 heavy (non-hydrogen) atoms. The first-order valence-corrected chi connectivity index (χ1v) is 8.85. The minimum Gasteiger partial charge on any atom is -0.491 e. The molecule has 0 spiro atoms. The van der Waals surface area contributed by atoms with Crippen LogP contribution >= 0.6 is 0 Å². The van der Waals surface area contributed by atoms with Crippen molar-refractivity contribution in [2.45, 2.75) is 25.7 Å². The van der Waals surface area contributed by atoms with E-state index in [-0.39, 0.29) is 6.03 Å². The summed E-state index contributed by atoms with van der Waals surface area (Å²) in [7, 11) is 0. The zero-order valence-electron chi connectivity index (χ0n) is 14.6. The lowest BCUT2D eigenvalue weighted by atomic mass is 9.90. The number of para-hydroxylation sites is 1. The number of hydrogen-bond donors (Lipinski definition) is 1. The summed E-state index contributed by atoms with van der Waals surface area (Å²) >= 11 is 0. The quantitative estimate of drug-likeness (QED) is 0.850. The van der Waals surface area contributed by atoms with Crippen molar-refractivity contribution in [3.8, 4) is 5.75 Å². The molecule has 1 aromatic heterocycles. The number of urea groups is 1. The highest BCUT2D eigenvalue weighted by molar-refractivity contribution is 5.74. The van der Waals surface area contributed by atoms with Crippen molar-refractivity contribution < 1.29 is 9.53 Å². The van der Waals surface area contributed by atoms with E-state index in [0.717, 1.165) is 37.2 Å². The second-order valence-electron chi connectivity index (χ2n) is 6.39. The number of carbonyl (C=O) groups excluding carboxylic acids is 1. The summed E-state index contributed by atoms with van der Waals surface area (Å²) in [5, 5.41) is 2.95. The van der Waals surface area contributed by atoms with E-state index in [2.05, 4.69) is 22.4 Å². The van der Waals surface area contributed by atoms with Gasteiger partial charge in [0.15, 0.2) is 0 Å². The van der Waals surface area contributed by atoms with Gasteiger partial charge in [-0.3, -0.25) is 4.98 Å². The van der Waals surface area contributed by atoms with E-state index in [1.165, 1.54) is 5.56 Å². The topological polar surface area (TPSA) is 54.5 Å². The number of amides is 2. The third-order valence-electron chi connectivity index (χ3n) is 4.69. The smallest absolute Gasteiger partial charge is 0.317 e. The molecule has 1 N–H and O–H groups in total. The molecule has 0 atom stereocenters. The minimum atomic E-state index is 0.00145. The maximum atomic E-state index is 12.3. The van der Waals surface area contributed by atoms with Gasteiger partial charge in [-0.25, -0.2) is 4.79 Å².